The lowest BCUT2D eigenvalue weighted by atomic mass is 9.30. The summed E-state index contributed by atoms with van der Waals surface area (Å²) in [5, 5.41) is 13.2. The highest BCUT2D eigenvalue weighted by Crippen LogP contribution is 2.43. The van der Waals surface area contributed by atoms with Gasteiger partial charge in [-0.1, -0.05) is 12.1 Å². The highest BCUT2D eigenvalue weighted by molar-refractivity contribution is 6.61. The van der Waals surface area contributed by atoms with Crippen molar-refractivity contribution in [2.24, 2.45) is 0 Å². The van der Waals surface area contributed by atoms with Gasteiger partial charge >= 0.3 is 0 Å². The minimum Gasteiger partial charge on any atom is -0.402 e. The van der Waals surface area contributed by atoms with E-state index in [-0.39, 0.29) is 33.9 Å². The molecule has 4 rings (SSSR count). The number of aromatic nitrogens is 2. The van der Waals surface area contributed by atoms with Crippen LogP contribution in [0.3, 0.4) is 0 Å². The predicted molar refractivity (Wildman–Crippen MR) is 178 cm³/mol. The van der Waals surface area contributed by atoms with E-state index in [9.17, 15) is 4.79 Å². The lowest BCUT2D eigenvalue weighted by Crippen LogP contribution is -2.86. The molecule has 1 saturated heterocycles. The maximum absolute atomic E-state index is 12.1. The van der Waals surface area contributed by atoms with Gasteiger partial charge in [0.2, 0.25) is 5.95 Å². The molecule has 16 heteroatoms. The number of anilines is 3. The Hall–Kier alpha value is -3.44. The Kier molecular flexibility index (Phi) is 7.52. The van der Waals surface area contributed by atoms with E-state index in [2.05, 4.69) is 100 Å². The molecule has 2 N–H and O–H groups in total. The molecule has 1 fully saturated rings. The average Bonchev–Trinajstić information content (AvgIpc) is 2.87. The summed E-state index contributed by atoms with van der Waals surface area (Å²) in [6.07, 6.45) is 1.70. The van der Waals surface area contributed by atoms with Crippen molar-refractivity contribution in [2.45, 2.75) is 21.5 Å². The first-order chi connectivity index (χ1) is 18.2. The molecule has 3 aromatic rings. The van der Waals surface area contributed by atoms with E-state index in [0.29, 0.717) is 11.5 Å². The number of morpholine rings is 1. The number of ether oxygens (including phenoxy) is 1. The normalized spacial score (nSPS) is 18.4. The molecule has 0 radical (unpaired) electrons. The Morgan fingerprint density at radius 1 is 0.897 bits per heavy atom. The first kappa shape index (κ1) is 28.6. The molecule has 2 heterocycles. The number of hydrogen-bond donors (Lipinski definition) is 2. The van der Waals surface area contributed by atoms with Crippen LogP contribution in [0.4, 0.5) is 17.3 Å². The van der Waals surface area contributed by atoms with Gasteiger partial charge in [-0.3, -0.25) is 4.79 Å². The summed E-state index contributed by atoms with van der Waals surface area (Å²) < 4.78 is 6.63. The minimum atomic E-state index is -0.365. The third-order valence-corrected chi connectivity index (χ3v) is 8.38. The quantitative estimate of drug-likeness (QED) is 0.253. The second-order valence-electron chi connectivity index (χ2n) is 11.9. The average molecular weight is 509 g/mol. The molecule has 0 spiro atoms. The highest BCUT2D eigenvalue weighted by Gasteiger charge is 2.58. The number of carbonyl (C=O) groups is 1. The number of benzene rings is 2. The third-order valence-electron chi connectivity index (χ3n) is 8.38. The number of hydrogen-bond acceptors (Lipinski definition) is 7. The van der Waals surface area contributed by atoms with Gasteiger partial charge < -0.3 is 20.3 Å². The molecule has 2 aromatic carbocycles. The van der Waals surface area contributed by atoms with Crippen LogP contribution in [-0.2, 0) is 4.74 Å². The van der Waals surface area contributed by atoms with Crippen molar-refractivity contribution < 1.29 is 9.53 Å². The number of carbonyl (C=O) groups excluding carboxylic acids is 1. The molecule has 1 aromatic heterocycles. The Balaban J connectivity index is 1.54. The van der Waals surface area contributed by atoms with Crippen LogP contribution < -0.4 is 15.5 Å². The SMILES string of the molecule is BC1(B)OC(B)(B)C(B)(B)N(c2ccc(Nc3nccc(-c4ccc(C(=O)NCC#N)cc4)n3)cc2)C1(B)B. The summed E-state index contributed by atoms with van der Waals surface area (Å²) in [6.45, 7) is -0.0273. The van der Waals surface area contributed by atoms with Crippen molar-refractivity contribution in [3.8, 4) is 17.3 Å². The van der Waals surface area contributed by atoms with Gasteiger partial charge in [0.1, 0.15) is 69.3 Å². The van der Waals surface area contributed by atoms with Gasteiger partial charge in [-0.25, -0.2) is 9.97 Å². The van der Waals surface area contributed by atoms with Gasteiger partial charge in [-0.15, -0.1) is 0 Å². The van der Waals surface area contributed by atoms with Crippen LogP contribution in [0.2, 0.25) is 0 Å². The van der Waals surface area contributed by atoms with Gasteiger partial charge in [0, 0.05) is 39.5 Å². The standard InChI is InChI=1S/C23H30B8N6O2/c24-20(25)22(28,29)39-23(30,31)21(26,27)37(20)16-7-5-15(6-8-16)35-19-34-11-9-17(36-19)13-1-3-14(4-2-13)18(38)33-12-10-32/h1-9,11H,12,24-31H2,(H,33,38)(H,34,35,36). The van der Waals surface area contributed by atoms with Crippen LogP contribution in [0, 0.1) is 11.3 Å². The Labute approximate surface area is 237 Å². The molecule has 39 heavy (non-hydrogen) atoms. The topological polar surface area (TPSA) is 103 Å². The van der Waals surface area contributed by atoms with Gasteiger partial charge in [0.15, 0.2) is 0 Å². The predicted octanol–water partition coefficient (Wildman–Crippen LogP) is -5.34. The van der Waals surface area contributed by atoms with Gasteiger partial charge in [0.05, 0.1) is 11.8 Å². The van der Waals surface area contributed by atoms with Crippen molar-refractivity contribution in [3.63, 3.8) is 0 Å². The molecule has 0 bridgehead atoms. The van der Waals surface area contributed by atoms with E-state index in [0.717, 1.165) is 22.6 Å². The van der Waals surface area contributed by atoms with Gasteiger partial charge in [-0.2, -0.15) is 5.26 Å². The molecular weight excluding hydrogens is 479 g/mol. The number of amides is 1. The first-order valence-corrected chi connectivity index (χ1v) is 13.2. The van der Waals surface area contributed by atoms with Crippen LogP contribution in [0.5, 0.6) is 0 Å². The van der Waals surface area contributed by atoms with Crippen molar-refractivity contribution in [3.05, 3.63) is 66.4 Å². The molecule has 0 aliphatic carbocycles. The Bertz CT molecular complexity index is 1390. The molecular formula is C23H30B8N6O2. The number of nitrogens with zero attached hydrogens (tertiary/aromatic N) is 4. The number of rotatable bonds is 6. The lowest BCUT2D eigenvalue weighted by molar-refractivity contribution is -0.0253. The summed E-state index contributed by atoms with van der Waals surface area (Å²) in [6, 6.07) is 19.2. The minimum absolute atomic E-state index is 0.0273. The zero-order chi connectivity index (χ0) is 28.6. The van der Waals surface area contributed by atoms with Crippen molar-refractivity contribution in [1.82, 2.24) is 15.3 Å². The van der Waals surface area contributed by atoms with Crippen LogP contribution in [0.25, 0.3) is 11.3 Å². The number of nitrogens with one attached hydrogen (secondary N) is 2. The van der Waals surface area contributed by atoms with E-state index in [4.69, 9.17) is 10.00 Å². The molecule has 0 unspecified atom stereocenters. The van der Waals surface area contributed by atoms with E-state index in [1.54, 1.807) is 18.3 Å². The van der Waals surface area contributed by atoms with Gasteiger partial charge in [0.25, 0.3) is 5.91 Å². The summed E-state index contributed by atoms with van der Waals surface area (Å²) in [5.74, 6) is 0.193. The highest BCUT2D eigenvalue weighted by atomic mass is 16.5. The Morgan fingerprint density at radius 3 is 2.05 bits per heavy atom. The van der Waals surface area contributed by atoms with E-state index in [1.807, 2.05) is 36.4 Å². The zero-order valence-electron chi connectivity index (χ0n) is 24.1. The second-order valence-corrected chi connectivity index (χ2v) is 11.9. The molecule has 0 atom stereocenters. The van der Waals surface area contributed by atoms with E-state index >= 15 is 0 Å². The third kappa shape index (κ3) is 5.38. The van der Waals surface area contributed by atoms with Gasteiger partial charge in [-0.05, 0) is 53.1 Å². The van der Waals surface area contributed by atoms with Crippen LogP contribution >= 0.6 is 0 Å². The maximum atomic E-state index is 12.1. The maximum Gasteiger partial charge on any atom is 0.252 e. The summed E-state index contributed by atoms with van der Waals surface area (Å²) >= 11 is 0. The number of nitriles is 1. The summed E-state index contributed by atoms with van der Waals surface area (Å²) in [7, 11) is 17.6. The lowest BCUT2D eigenvalue weighted by Gasteiger charge is -2.69. The Morgan fingerprint density at radius 2 is 1.49 bits per heavy atom. The van der Waals surface area contributed by atoms with Crippen molar-refractivity contribution in [1.29, 1.82) is 5.26 Å². The molecule has 1 aliphatic heterocycles. The first-order valence-electron chi connectivity index (χ1n) is 13.2. The fourth-order valence-electron chi connectivity index (χ4n) is 5.19. The van der Waals surface area contributed by atoms with Crippen LogP contribution in [0.15, 0.2) is 60.8 Å². The summed E-state index contributed by atoms with van der Waals surface area (Å²) in [5.41, 5.74) is 4.07. The van der Waals surface area contributed by atoms with Crippen LogP contribution in [-0.4, -0.2) is 107 Å². The fraction of sp³-hybridized carbons (Fsp3) is 0.217. The summed E-state index contributed by atoms with van der Waals surface area (Å²) in [4.78, 5) is 23.6. The molecule has 8 nitrogen and oxygen atoms in total. The molecule has 0 saturated carbocycles. The second kappa shape index (κ2) is 10.3. The van der Waals surface area contributed by atoms with Crippen LogP contribution in [0.1, 0.15) is 10.4 Å². The monoisotopic (exact) mass is 510 g/mol. The smallest absolute Gasteiger partial charge is 0.252 e. The largest absolute Gasteiger partial charge is 0.402 e. The van der Waals surface area contributed by atoms with E-state index in [1.165, 1.54) is 0 Å². The molecule has 1 amide bonds. The molecule has 188 valence electrons. The van der Waals surface area contributed by atoms with Crippen molar-refractivity contribution in [2.75, 3.05) is 16.8 Å². The zero-order valence-corrected chi connectivity index (χ0v) is 24.1. The van der Waals surface area contributed by atoms with E-state index < -0.39 is 0 Å². The molecule has 1 aliphatic rings. The fourth-order valence-corrected chi connectivity index (χ4v) is 5.19. The van der Waals surface area contributed by atoms with Crippen molar-refractivity contribution >= 4 is 86.0 Å².